The van der Waals surface area contributed by atoms with Crippen LogP contribution in [0.15, 0.2) is 48.5 Å². The number of rotatable bonds is 2. The number of aldehydes is 1. The molecule has 0 atom stereocenters. The molecule has 3 nitrogen and oxygen atoms in total. The second-order valence-electron chi connectivity index (χ2n) is 3.88. The second-order valence-corrected chi connectivity index (χ2v) is 3.88. The number of carbonyl (C=O) groups excluding carboxylic acids is 2. The third-order valence-electron chi connectivity index (χ3n) is 2.61. The quantitative estimate of drug-likeness (QED) is 0.383. The van der Waals surface area contributed by atoms with Gasteiger partial charge in [0, 0.05) is 22.4 Å². The highest BCUT2D eigenvalue weighted by Crippen LogP contribution is 2.18. The third-order valence-corrected chi connectivity index (χ3v) is 2.61. The van der Waals surface area contributed by atoms with Gasteiger partial charge in [-0.1, -0.05) is 36.3 Å². The van der Waals surface area contributed by atoms with Crippen molar-refractivity contribution in [3.05, 3.63) is 65.2 Å². The number of hydrogen-bond acceptors (Lipinski definition) is 3. The van der Waals surface area contributed by atoms with Gasteiger partial charge in [0.1, 0.15) is 0 Å². The summed E-state index contributed by atoms with van der Waals surface area (Å²) in [5.41, 5.74) is 7.75. The summed E-state index contributed by atoms with van der Waals surface area (Å²) < 4.78 is 0. The maximum Gasteiger partial charge on any atom is 0.195 e. The van der Waals surface area contributed by atoms with E-state index in [-0.39, 0.29) is 5.78 Å². The number of nitrogens with two attached hydrogens (primary N) is 1. The number of nitrogen functional groups attached to an aromatic ring is 1. The van der Waals surface area contributed by atoms with Gasteiger partial charge >= 0.3 is 0 Å². The van der Waals surface area contributed by atoms with Crippen LogP contribution in [0.3, 0.4) is 0 Å². The van der Waals surface area contributed by atoms with E-state index >= 15 is 0 Å². The molecule has 0 aliphatic rings. The Morgan fingerprint density at radius 3 is 2.53 bits per heavy atom. The number of ketones is 1. The van der Waals surface area contributed by atoms with Crippen LogP contribution in [0.1, 0.15) is 21.5 Å². The molecule has 0 bridgehead atoms. The summed E-state index contributed by atoms with van der Waals surface area (Å²) in [6.45, 7) is 0. The van der Waals surface area contributed by atoms with Crippen LogP contribution in [-0.2, 0) is 4.79 Å². The van der Waals surface area contributed by atoms with E-state index in [1.807, 2.05) is 6.07 Å². The van der Waals surface area contributed by atoms with Crippen molar-refractivity contribution in [3.63, 3.8) is 0 Å². The second kappa shape index (κ2) is 5.65. The molecule has 0 heterocycles. The van der Waals surface area contributed by atoms with Crippen molar-refractivity contribution in [1.29, 1.82) is 0 Å². The first-order chi connectivity index (χ1) is 9.22. The zero-order valence-electron chi connectivity index (χ0n) is 10.1. The Hall–Kier alpha value is -2.86. The fourth-order valence-electron chi connectivity index (χ4n) is 1.69. The topological polar surface area (TPSA) is 60.2 Å². The van der Waals surface area contributed by atoms with Gasteiger partial charge in [0.2, 0.25) is 0 Å². The normalized spacial score (nSPS) is 9.26. The van der Waals surface area contributed by atoms with Gasteiger partial charge in [-0.3, -0.25) is 9.59 Å². The van der Waals surface area contributed by atoms with Gasteiger partial charge in [-0.15, -0.1) is 0 Å². The van der Waals surface area contributed by atoms with Crippen molar-refractivity contribution < 1.29 is 9.59 Å². The van der Waals surface area contributed by atoms with Gasteiger partial charge in [-0.2, -0.15) is 0 Å². The van der Waals surface area contributed by atoms with Crippen molar-refractivity contribution in [2.24, 2.45) is 0 Å². The highest BCUT2D eigenvalue weighted by atomic mass is 16.1. The minimum Gasteiger partial charge on any atom is -0.398 e. The number of hydrogen-bond donors (Lipinski definition) is 1. The summed E-state index contributed by atoms with van der Waals surface area (Å²) in [6.07, 6.45) is 0.509. The van der Waals surface area contributed by atoms with Crippen molar-refractivity contribution in [1.82, 2.24) is 0 Å². The fraction of sp³-hybridized carbons (Fsp3) is 0. The third kappa shape index (κ3) is 2.88. The van der Waals surface area contributed by atoms with Crippen LogP contribution in [0.4, 0.5) is 5.69 Å². The molecule has 0 fully saturated rings. The van der Waals surface area contributed by atoms with Gasteiger partial charge in [0.15, 0.2) is 12.1 Å². The molecule has 19 heavy (non-hydrogen) atoms. The lowest BCUT2D eigenvalue weighted by atomic mass is 10.00. The number of benzene rings is 2. The lowest BCUT2D eigenvalue weighted by Crippen LogP contribution is -2.05. The van der Waals surface area contributed by atoms with E-state index in [0.717, 1.165) is 0 Å². The summed E-state index contributed by atoms with van der Waals surface area (Å²) in [6, 6.07) is 13.8. The van der Waals surface area contributed by atoms with Crippen LogP contribution in [0, 0.1) is 11.8 Å². The van der Waals surface area contributed by atoms with Crippen LogP contribution in [0.25, 0.3) is 0 Å². The Balaban J connectivity index is 2.44. The maximum atomic E-state index is 12.3. The predicted molar refractivity (Wildman–Crippen MR) is 73.7 cm³/mol. The van der Waals surface area contributed by atoms with E-state index in [2.05, 4.69) is 11.8 Å². The Bertz CT molecular complexity index is 679. The number of carbonyl (C=O) groups is 2. The molecule has 92 valence electrons. The average molecular weight is 249 g/mol. The molecule has 0 aliphatic carbocycles. The fourth-order valence-corrected chi connectivity index (χ4v) is 1.69. The van der Waals surface area contributed by atoms with E-state index in [1.54, 1.807) is 42.5 Å². The molecular weight excluding hydrogens is 238 g/mol. The van der Waals surface area contributed by atoms with Crippen LogP contribution >= 0.6 is 0 Å². The monoisotopic (exact) mass is 249 g/mol. The van der Waals surface area contributed by atoms with E-state index in [9.17, 15) is 9.59 Å². The molecule has 0 saturated heterocycles. The molecule has 3 heteroatoms. The molecule has 0 saturated carbocycles. The summed E-state index contributed by atoms with van der Waals surface area (Å²) in [7, 11) is 0. The Morgan fingerprint density at radius 1 is 1.11 bits per heavy atom. The average Bonchev–Trinajstić information content (AvgIpc) is 2.46. The van der Waals surface area contributed by atoms with Crippen molar-refractivity contribution >= 4 is 17.8 Å². The van der Waals surface area contributed by atoms with Crippen molar-refractivity contribution in [2.75, 3.05) is 5.73 Å². The lowest BCUT2D eigenvalue weighted by Gasteiger charge is -2.05. The molecule has 2 aromatic rings. The first-order valence-electron chi connectivity index (χ1n) is 5.67. The predicted octanol–water partition coefficient (Wildman–Crippen LogP) is 2.05. The molecule has 2 aromatic carbocycles. The molecule has 0 radical (unpaired) electrons. The smallest absolute Gasteiger partial charge is 0.195 e. The van der Waals surface area contributed by atoms with Crippen molar-refractivity contribution in [2.45, 2.75) is 0 Å². The molecular formula is C16H11NO2. The van der Waals surface area contributed by atoms with Crippen molar-refractivity contribution in [3.8, 4) is 11.8 Å². The molecule has 0 amide bonds. The van der Waals surface area contributed by atoms with Gasteiger partial charge in [-0.25, -0.2) is 0 Å². The largest absolute Gasteiger partial charge is 0.398 e. The van der Waals surface area contributed by atoms with E-state index in [0.29, 0.717) is 28.7 Å². The van der Waals surface area contributed by atoms with Crippen LogP contribution in [0.5, 0.6) is 0 Å². The molecule has 0 aromatic heterocycles. The Kier molecular flexibility index (Phi) is 3.75. The molecule has 2 rings (SSSR count). The van der Waals surface area contributed by atoms with Crippen LogP contribution < -0.4 is 5.73 Å². The van der Waals surface area contributed by atoms with Gasteiger partial charge in [-0.05, 0) is 24.1 Å². The first-order valence-corrected chi connectivity index (χ1v) is 5.67. The van der Waals surface area contributed by atoms with E-state index in [4.69, 9.17) is 5.73 Å². The molecule has 0 spiro atoms. The van der Waals surface area contributed by atoms with Crippen LogP contribution in [0.2, 0.25) is 0 Å². The summed E-state index contributed by atoms with van der Waals surface area (Å²) in [5, 5.41) is 0. The standard InChI is InChI=1S/C16H11NO2/c17-15-9-8-12(5-4-10-18)11-14(15)16(19)13-6-2-1-3-7-13/h1-3,6-11H,17H2. The SMILES string of the molecule is Nc1ccc(C#CC=O)cc1C(=O)c1ccccc1. The highest BCUT2D eigenvalue weighted by Gasteiger charge is 2.12. The van der Waals surface area contributed by atoms with Crippen LogP contribution in [-0.4, -0.2) is 12.1 Å². The zero-order chi connectivity index (χ0) is 13.7. The van der Waals surface area contributed by atoms with Gasteiger partial charge in [0.25, 0.3) is 0 Å². The van der Waals surface area contributed by atoms with E-state index in [1.165, 1.54) is 0 Å². The van der Waals surface area contributed by atoms with Gasteiger partial charge < -0.3 is 5.73 Å². The lowest BCUT2D eigenvalue weighted by molar-refractivity contribution is -0.103. The van der Waals surface area contributed by atoms with Gasteiger partial charge in [0.05, 0.1) is 0 Å². The zero-order valence-corrected chi connectivity index (χ0v) is 10.1. The number of anilines is 1. The minimum atomic E-state index is -0.159. The first kappa shape index (κ1) is 12.6. The Labute approximate surface area is 111 Å². The molecule has 2 N–H and O–H groups in total. The molecule has 0 unspecified atom stereocenters. The summed E-state index contributed by atoms with van der Waals surface area (Å²) in [4.78, 5) is 22.5. The maximum absolute atomic E-state index is 12.3. The Morgan fingerprint density at radius 2 is 1.84 bits per heavy atom. The molecule has 0 aliphatic heterocycles. The van der Waals surface area contributed by atoms with E-state index < -0.39 is 0 Å². The summed E-state index contributed by atoms with van der Waals surface area (Å²) >= 11 is 0. The highest BCUT2D eigenvalue weighted by molar-refractivity contribution is 6.12. The minimum absolute atomic E-state index is 0.159. The summed E-state index contributed by atoms with van der Waals surface area (Å²) in [5.74, 6) is 4.79.